The molecule has 1 aromatic carbocycles. The molecule has 0 aliphatic carbocycles. The van der Waals surface area contributed by atoms with E-state index in [4.69, 9.17) is 10.9 Å². The normalized spacial score (nSPS) is 12.9. The SMILES string of the molecule is CC(C)(N)c1ccc(S(N)(=O)=O)cc1F. The van der Waals surface area contributed by atoms with Gasteiger partial charge in [-0.3, -0.25) is 0 Å². The third kappa shape index (κ3) is 2.74. The van der Waals surface area contributed by atoms with Crippen molar-refractivity contribution in [3.8, 4) is 0 Å². The Hall–Kier alpha value is -0.980. The quantitative estimate of drug-likeness (QED) is 0.785. The molecule has 0 spiro atoms. The van der Waals surface area contributed by atoms with E-state index in [2.05, 4.69) is 0 Å². The van der Waals surface area contributed by atoms with E-state index in [1.807, 2.05) is 0 Å². The number of halogens is 1. The summed E-state index contributed by atoms with van der Waals surface area (Å²) in [6, 6.07) is 3.44. The molecule has 0 fully saturated rings. The van der Waals surface area contributed by atoms with E-state index in [1.54, 1.807) is 13.8 Å². The molecule has 0 saturated carbocycles. The first kappa shape index (κ1) is 12.1. The van der Waals surface area contributed by atoms with Crippen LogP contribution in [-0.4, -0.2) is 8.42 Å². The molecule has 0 atom stereocenters. The van der Waals surface area contributed by atoms with Crippen LogP contribution in [0.2, 0.25) is 0 Å². The van der Waals surface area contributed by atoms with Crippen LogP contribution in [0.5, 0.6) is 0 Å². The van der Waals surface area contributed by atoms with E-state index in [0.717, 1.165) is 6.07 Å². The second-order valence-corrected chi connectivity index (χ2v) is 5.47. The highest BCUT2D eigenvalue weighted by atomic mass is 32.2. The van der Waals surface area contributed by atoms with Crippen LogP contribution in [0.3, 0.4) is 0 Å². The maximum Gasteiger partial charge on any atom is 0.238 e. The van der Waals surface area contributed by atoms with Gasteiger partial charge < -0.3 is 5.73 Å². The predicted molar refractivity (Wildman–Crippen MR) is 55.0 cm³/mol. The Balaban J connectivity index is 3.34. The van der Waals surface area contributed by atoms with E-state index >= 15 is 0 Å². The van der Waals surface area contributed by atoms with Gasteiger partial charge in [-0.2, -0.15) is 0 Å². The average Bonchev–Trinajstić information content (AvgIpc) is 1.99. The highest BCUT2D eigenvalue weighted by Crippen LogP contribution is 2.22. The molecule has 0 aromatic heterocycles. The van der Waals surface area contributed by atoms with Crippen molar-refractivity contribution < 1.29 is 12.8 Å². The Morgan fingerprint density at radius 2 is 1.87 bits per heavy atom. The Bertz CT molecular complexity index is 477. The fourth-order valence-electron chi connectivity index (χ4n) is 1.20. The summed E-state index contributed by atoms with van der Waals surface area (Å²) in [7, 11) is -3.87. The van der Waals surface area contributed by atoms with Gasteiger partial charge in [-0.1, -0.05) is 6.07 Å². The predicted octanol–water partition coefficient (Wildman–Crippen LogP) is 0.667. The lowest BCUT2D eigenvalue weighted by molar-refractivity contribution is 0.499. The molecule has 1 aromatic rings. The molecule has 6 heteroatoms. The molecule has 0 aliphatic rings. The van der Waals surface area contributed by atoms with Gasteiger partial charge >= 0.3 is 0 Å². The van der Waals surface area contributed by atoms with Gasteiger partial charge in [0.2, 0.25) is 10.0 Å². The van der Waals surface area contributed by atoms with Crippen molar-refractivity contribution in [3.05, 3.63) is 29.6 Å². The number of hydrogen-bond donors (Lipinski definition) is 2. The van der Waals surface area contributed by atoms with Crippen LogP contribution in [0, 0.1) is 5.82 Å². The molecule has 0 heterocycles. The maximum absolute atomic E-state index is 13.5. The first-order valence-corrected chi connectivity index (χ1v) is 5.79. The molecule has 15 heavy (non-hydrogen) atoms. The summed E-state index contributed by atoms with van der Waals surface area (Å²) in [5.74, 6) is -0.672. The molecule has 0 aliphatic heterocycles. The summed E-state index contributed by atoms with van der Waals surface area (Å²) >= 11 is 0. The van der Waals surface area contributed by atoms with Crippen LogP contribution in [-0.2, 0) is 15.6 Å². The third-order valence-electron chi connectivity index (χ3n) is 1.96. The molecular formula is C9H13FN2O2S. The average molecular weight is 232 g/mol. The van der Waals surface area contributed by atoms with E-state index < -0.39 is 21.4 Å². The largest absolute Gasteiger partial charge is 0.322 e. The maximum atomic E-state index is 13.5. The van der Waals surface area contributed by atoms with Crippen LogP contribution in [0.1, 0.15) is 19.4 Å². The lowest BCUT2D eigenvalue weighted by atomic mass is 9.95. The van der Waals surface area contributed by atoms with Crippen molar-refractivity contribution in [1.29, 1.82) is 0 Å². The van der Waals surface area contributed by atoms with Crippen molar-refractivity contribution in [1.82, 2.24) is 0 Å². The second kappa shape index (κ2) is 3.55. The number of primary sulfonamides is 1. The lowest BCUT2D eigenvalue weighted by Gasteiger charge is -2.19. The number of sulfonamides is 1. The summed E-state index contributed by atoms with van der Waals surface area (Å²) < 4.78 is 35.3. The van der Waals surface area contributed by atoms with Crippen molar-refractivity contribution in [2.45, 2.75) is 24.3 Å². The van der Waals surface area contributed by atoms with Crippen LogP contribution in [0.25, 0.3) is 0 Å². The summed E-state index contributed by atoms with van der Waals surface area (Å²) in [6.45, 7) is 3.25. The fourth-order valence-corrected chi connectivity index (χ4v) is 1.72. The smallest absolute Gasteiger partial charge is 0.238 e. The monoisotopic (exact) mass is 232 g/mol. The Kier molecular flexibility index (Phi) is 2.86. The number of hydrogen-bond acceptors (Lipinski definition) is 3. The van der Waals surface area contributed by atoms with Crippen molar-refractivity contribution in [2.75, 3.05) is 0 Å². The summed E-state index contributed by atoms with van der Waals surface area (Å²) in [4.78, 5) is -0.256. The van der Waals surface area contributed by atoms with Crippen LogP contribution >= 0.6 is 0 Å². The van der Waals surface area contributed by atoms with Gasteiger partial charge in [0.1, 0.15) is 5.82 Å². The minimum Gasteiger partial charge on any atom is -0.322 e. The van der Waals surface area contributed by atoms with Gasteiger partial charge in [-0.25, -0.2) is 17.9 Å². The minimum absolute atomic E-state index is 0.245. The number of rotatable bonds is 2. The highest BCUT2D eigenvalue weighted by Gasteiger charge is 2.20. The van der Waals surface area contributed by atoms with E-state index in [9.17, 15) is 12.8 Å². The first-order valence-electron chi connectivity index (χ1n) is 4.24. The zero-order valence-corrected chi connectivity index (χ0v) is 9.31. The van der Waals surface area contributed by atoms with Crippen molar-refractivity contribution in [2.24, 2.45) is 10.9 Å². The molecule has 0 bridgehead atoms. The topological polar surface area (TPSA) is 86.2 Å². The summed E-state index contributed by atoms with van der Waals surface area (Å²) in [5.41, 5.74) is 5.08. The van der Waals surface area contributed by atoms with Crippen LogP contribution < -0.4 is 10.9 Å². The molecule has 0 amide bonds. The number of benzene rings is 1. The molecule has 0 radical (unpaired) electrons. The second-order valence-electron chi connectivity index (χ2n) is 3.91. The van der Waals surface area contributed by atoms with Gasteiger partial charge in [0.15, 0.2) is 0 Å². The van der Waals surface area contributed by atoms with E-state index in [1.165, 1.54) is 12.1 Å². The fraction of sp³-hybridized carbons (Fsp3) is 0.333. The van der Waals surface area contributed by atoms with Gasteiger partial charge in [-0.05, 0) is 26.0 Å². The van der Waals surface area contributed by atoms with Crippen molar-refractivity contribution >= 4 is 10.0 Å². The van der Waals surface area contributed by atoms with Crippen LogP contribution in [0.4, 0.5) is 4.39 Å². The van der Waals surface area contributed by atoms with Gasteiger partial charge in [-0.15, -0.1) is 0 Å². The molecule has 0 saturated heterocycles. The Labute approximate surface area is 88.1 Å². The molecule has 84 valence electrons. The van der Waals surface area contributed by atoms with Crippen molar-refractivity contribution in [3.63, 3.8) is 0 Å². The third-order valence-corrected chi connectivity index (χ3v) is 2.87. The van der Waals surface area contributed by atoms with Gasteiger partial charge in [0.25, 0.3) is 0 Å². The molecule has 1 rings (SSSR count). The molecule has 0 unspecified atom stereocenters. The minimum atomic E-state index is -3.87. The van der Waals surface area contributed by atoms with Gasteiger partial charge in [0.05, 0.1) is 4.90 Å². The standard InChI is InChI=1S/C9H13FN2O2S/c1-9(2,11)7-4-3-6(5-8(7)10)15(12,13)14/h3-5H,11H2,1-2H3,(H2,12,13,14). The molecular weight excluding hydrogens is 219 g/mol. The lowest BCUT2D eigenvalue weighted by Crippen LogP contribution is -2.30. The summed E-state index contributed by atoms with van der Waals surface area (Å²) in [5, 5.41) is 4.86. The van der Waals surface area contributed by atoms with Gasteiger partial charge in [0, 0.05) is 11.1 Å². The van der Waals surface area contributed by atoms with E-state index in [0.29, 0.717) is 0 Å². The zero-order valence-electron chi connectivity index (χ0n) is 8.49. The Morgan fingerprint density at radius 3 is 2.20 bits per heavy atom. The highest BCUT2D eigenvalue weighted by molar-refractivity contribution is 7.89. The Morgan fingerprint density at radius 1 is 1.33 bits per heavy atom. The number of nitrogens with two attached hydrogens (primary N) is 2. The molecule has 4 nitrogen and oxygen atoms in total. The zero-order chi connectivity index (χ0) is 11.9. The van der Waals surface area contributed by atoms with E-state index in [-0.39, 0.29) is 10.5 Å². The van der Waals surface area contributed by atoms with Crippen LogP contribution in [0.15, 0.2) is 23.1 Å². The molecule has 4 N–H and O–H groups in total. The first-order chi connectivity index (χ1) is 6.62. The summed E-state index contributed by atoms with van der Waals surface area (Å²) in [6.07, 6.45) is 0.